The minimum absolute atomic E-state index is 0.169. The Morgan fingerprint density at radius 1 is 0.504 bits per heavy atom. The molecule has 15 rings (SSSR count). The van der Waals surface area contributed by atoms with Crippen molar-refractivity contribution in [2.45, 2.75) is 165 Å². The van der Waals surface area contributed by atoms with Crippen molar-refractivity contribution < 1.29 is 83.0 Å². The quantitative estimate of drug-likeness (QED) is 0.0195. The van der Waals surface area contributed by atoms with Gasteiger partial charge in [-0.15, -0.1) is 24.8 Å². The van der Waals surface area contributed by atoms with Gasteiger partial charge in [-0.2, -0.15) is 49.7 Å². The third-order valence-electron chi connectivity index (χ3n) is 18.9. The maximum atomic E-state index is 12.3. The molecule has 3 aliphatic rings. The molecule has 3 aliphatic heterocycles. The van der Waals surface area contributed by atoms with Gasteiger partial charge in [0.05, 0.1) is 70.8 Å². The number of nitrogens with two attached hydrogens (primary N) is 3. The molecule has 26 nitrogen and oxygen atoms in total. The van der Waals surface area contributed by atoms with Gasteiger partial charge in [0, 0.05) is 17.1 Å². The monoisotopic (exact) mass is 1790 g/mol. The molecule has 11 N–H and O–H groups in total. The zero-order valence-electron chi connectivity index (χ0n) is 71.0. The lowest BCUT2D eigenvalue weighted by Crippen LogP contribution is -2.45. The van der Waals surface area contributed by atoms with Crippen molar-refractivity contribution in [3.05, 3.63) is 288 Å². The molecule has 0 amide bonds. The Morgan fingerprint density at radius 2 is 0.792 bits per heavy atom. The van der Waals surface area contributed by atoms with Gasteiger partial charge in [0.15, 0.2) is 28.7 Å². The van der Waals surface area contributed by atoms with Crippen molar-refractivity contribution in [2.75, 3.05) is 43.6 Å². The highest BCUT2D eigenvalue weighted by molar-refractivity contribution is 7.54. The Labute approximate surface area is 744 Å². The Bertz CT molecular complexity index is 5270. The molecule has 0 bridgehead atoms. The van der Waals surface area contributed by atoms with Crippen molar-refractivity contribution in [2.24, 2.45) is 0 Å². The number of nitrogens with zero attached hydrogens (tertiary/aromatic N) is 9. The highest BCUT2D eigenvalue weighted by Gasteiger charge is 2.61. The average Bonchev–Trinajstić information content (AvgIpc) is 1.60. The molecule has 9 heterocycles. The van der Waals surface area contributed by atoms with Crippen LogP contribution in [0.4, 0.5) is 30.9 Å². The van der Waals surface area contributed by atoms with Crippen LogP contribution in [0.2, 0.25) is 26.0 Å². The van der Waals surface area contributed by atoms with E-state index in [1.807, 2.05) is 194 Å². The molecular formula is C90H105B2Cl3F3N12O14Si. The summed E-state index contributed by atoms with van der Waals surface area (Å²) in [6, 6.07) is 69.8. The second-order valence-electron chi connectivity index (χ2n) is 28.5. The summed E-state index contributed by atoms with van der Waals surface area (Å²) in [4.78, 5) is 11.3. The molecule has 125 heavy (non-hydrogen) atoms. The molecule has 661 valence electrons. The number of nitrogen functional groups attached to an aromatic ring is 3. The van der Waals surface area contributed by atoms with Crippen molar-refractivity contribution in [1.82, 2.24) is 43.8 Å². The molecule has 6 aromatic heterocycles. The van der Waals surface area contributed by atoms with Crippen LogP contribution in [0.3, 0.4) is 0 Å². The molecule has 12 aromatic rings. The number of rotatable bonds is 25. The molecule has 0 spiro atoms. The molecular weight excluding hydrogens is 1690 g/mol. The predicted octanol–water partition coefficient (Wildman–Crippen LogP) is 13.5. The van der Waals surface area contributed by atoms with Crippen molar-refractivity contribution >= 4 is 89.0 Å². The van der Waals surface area contributed by atoms with Gasteiger partial charge in [-0.1, -0.05) is 234 Å². The van der Waals surface area contributed by atoms with Gasteiger partial charge < -0.3 is 89.7 Å². The maximum Gasteiger partial charge on any atom is 0.450 e. The number of fused-ring (bicyclic) bond motifs is 3. The zero-order valence-corrected chi connectivity index (χ0v) is 73.3. The van der Waals surface area contributed by atoms with Gasteiger partial charge in [0.1, 0.15) is 104 Å². The summed E-state index contributed by atoms with van der Waals surface area (Å²) in [6.07, 6.45) is 13.8. The minimum atomic E-state index is -1.93. The lowest BCUT2D eigenvalue weighted by atomic mass is 9.91. The highest BCUT2D eigenvalue weighted by atomic mass is 35.6. The fourth-order valence-corrected chi connectivity index (χ4v) is 13.1. The lowest BCUT2D eigenvalue weighted by Gasteiger charge is -2.31. The second kappa shape index (κ2) is 52.0. The fraction of sp³-hybridized carbons (Fsp3) is 0.333. The number of hydrogen-bond donors (Lipinski definition) is 8. The van der Waals surface area contributed by atoms with Crippen LogP contribution in [0.25, 0.3) is 16.6 Å². The molecule has 35 heteroatoms. The molecule has 0 aliphatic carbocycles. The first-order valence-corrected chi connectivity index (χ1v) is 44.4. The second-order valence-corrected chi connectivity index (χ2v) is 35.3. The molecule has 1 unspecified atom stereocenters. The number of aromatic nitrogens is 9. The number of halogens is 6. The van der Waals surface area contributed by atoms with Gasteiger partial charge in [-0.3, -0.25) is 0 Å². The van der Waals surface area contributed by atoms with Crippen LogP contribution in [0.15, 0.2) is 237 Å². The van der Waals surface area contributed by atoms with E-state index in [1.165, 1.54) is 28.0 Å². The van der Waals surface area contributed by atoms with Crippen LogP contribution in [0.5, 0.6) is 0 Å². The zero-order chi connectivity index (χ0) is 91.7. The summed E-state index contributed by atoms with van der Waals surface area (Å²) in [5.74, 6) is 4.25. The number of ether oxygens (including phenoxy) is 9. The fourth-order valence-electron chi connectivity index (χ4n) is 13.1. The first-order chi connectivity index (χ1) is 60.9. The van der Waals surface area contributed by atoms with Gasteiger partial charge in [-0.05, 0) is 83.0 Å². The van der Waals surface area contributed by atoms with Gasteiger partial charge in [0.2, 0.25) is 5.79 Å². The van der Waals surface area contributed by atoms with E-state index >= 15 is 0 Å². The van der Waals surface area contributed by atoms with E-state index in [2.05, 4.69) is 67.3 Å². The van der Waals surface area contributed by atoms with E-state index in [4.69, 9.17) is 129 Å². The van der Waals surface area contributed by atoms with Crippen LogP contribution in [-0.4, -0.2) is 171 Å². The molecule has 3 saturated heterocycles. The molecule has 12 atom stereocenters. The van der Waals surface area contributed by atoms with E-state index in [0.717, 1.165) is 33.4 Å². The number of aliphatic hydroxyl groups is 5. The Kier molecular flexibility index (Phi) is 41.6. The average molecular weight is 1790 g/mol. The SMILES string of the molecule is C#C[C@@]1(c2ccc3c(N)ncnn23)O[C@H](CO)[C@@H](O)[C@H]1O.C#C[C@@]1(c2ccc3c(N)ncnn23)O[C@H](COCc2ccccc2)[C@@H](OCc2ccccc2)[C@H]1OCc1ccccc1.C#C[Si](C)(C)C.CCO.CC[B]F.ClB(Cl)Cl.FF.Nc1ncnn2c(C3(O)O[C@H](COCc4ccccc4)[C@@H](OCc4ccccc4)[C@H]3OCc3ccccc3)ccc12.[2H]CC. The molecule has 0 saturated carbocycles. The summed E-state index contributed by atoms with van der Waals surface area (Å²) in [7, 11) is -0.478. The predicted molar refractivity (Wildman–Crippen MR) is 482 cm³/mol. The maximum absolute atomic E-state index is 12.3. The molecule has 1 radical (unpaired) electrons. The third kappa shape index (κ3) is 27.9. The number of anilines is 3. The van der Waals surface area contributed by atoms with E-state index in [1.54, 1.807) is 49.6 Å². The number of terminal acetylenes is 3. The summed E-state index contributed by atoms with van der Waals surface area (Å²) in [6.45, 7) is 14.3. The largest absolute Gasteiger partial charge is 0.450 e. The number of benzene rings is 6. The van der Waals surface area contributed by atoms with E-state index in [9.17, 15) is 24.7 Å². The molecule has 3 fully saturated rings. The Balaban J connectivity index is 0.000000239. The van der Waals surface area contributed by atoms with E-state index < -0.39 is 91.6 Å². The van der Waals surface area contributed by atoms with E-state index in [0.29, 0.717) is 93.3 Å². The Hall–Kier alpha value is -10.3. The Morgan fingerprint density at radius 3 is 1.11 bits per heavy atom. The van der Waals surface area contributed by atoms with Crippen LogP contribution in [0.1, 0.15) is 79.5 Å². The summed E-state index contributed by atoms with van der Waals surface area (Å²) < 4.78 is 94.7. The van der Waals surface area contributed by atoms with Crippen molar-refractivity contribution in [3.63, 3.8) is 0 Å². The first-order valence-electron chi connectivity index (χ1n) is 40.2. The molecule has 6 aromatic carbocycles. The number of hydrogen-bond acceptors (Lipinski definition) is 23. The van der Waals surface area contributed by atoms with Crippen LogP contribution < -0.4 is 17.2 Å². The topological polar surface area (TPSA) is 353 Å². The van der Waals surface area contributed by atoms with Gasteiger partial charge >= 0.3 is 12.5 Å². The van der Waals surface area contributed by atoms with Crippen LogP contribution in [0, 0.1) is 36.7 Å². The standard InChI is InChI=1S/C34H32N4O4.C32H32N4O5.C13H14N4O4.C5H10Si.C2H5BF.C2H6O.C2H6.BCl3.F2/c1-2-34(30-19-18-28-33(35)36-24-37-38(28)30)32(41-22-27-16-10-5-11-17-27)31(40-21-26-14-8-4-9-15-26)29(42-34)23-39-20-25-12-6-3-7-13-25;33-31-26-16-17-28(36(26)35-22-34-31)32(37)30(40-20-25-14-8-3-9-15-25)29(39-19-24-12-6-2-7-13-24)27(41-32)21-38-18-23-10-4-1-5-11-23;1-2-13(11(20)10(19)8(5-18)21-13)9-4-3-7-12(14)15-6-16-17(7)9;1-5-6(2,3)4;1-2-3-4;1-2-3;1-2;2-1(3)4;1-2/h1,3-19,24,29,31-32H,20-23H2,(H2,35,36,37);1-17,22,27,29-30,37H,18-21H2,(H2,33,34,35);1,3-4,6,8,10-11,18-20H,5H2,(H2,14,15,16);1H,2-4H3;2H2,1H3;3H,2H2,1H3;1-2H3;;/t29-,31-,32-,34+;27-,29-,30-,32?;8-,10-,11-,13+;;;;;;/m111....../s1/i;;;;;;1D;;. The van der Waals surface area contributed by atoms with Gasteiger partial charge in [0.25, 0.3) is 0 Å². The third-order valence-corrected chi connectivity index (χ3v) is 19.8. The minimum Gasteiger partial charge on any atom is -0.397 e. The summed E-state index contributed by atoms with van der Waals surface area (Å²) in [5, 5.41) is 62.2. The van der Waals surface area contributed by atoms with Crippen LogP contribution in [-0.2, 0) is 99.3 Å². The van der Waals surface area contributed by atoms with E-state index in [-0.39, 0.29) is 38.1 Å². The summed E-state index contributed by atoms with van der Waals surface area (Å²) in [5.41, 5.74) is 26.8. The normalized spacial score (nSPS) is 21.4. The highest BCUT2D eigenvalue weighted by Crippen LogP contribution is 2.46. The smallest absolute Gasteiger partial charge is 0.397 e. The number of aliphatic hydroxyl groups excluding tert-OH is 4. The first kappa shape index (κ1) is 100. The van der Waals surface area contributed by atoms with Crippen LogP contribution >= 0.6 is 34.4 Å². The van der Waals surface area contributed by atoms with Crippen molar-refractivity contribution in [3.8, 4) is 36.7 Å². The summed E-state index contributed by atoms with van der Waals surface area (Å²) >= 11 is 14.4. The lowest BCUT2D eigenvalue weighted by molar-refractivity contribution is -0.256. The van der Waals surface area contributed by atoms with Gasteiger partial charge in [-0.25, -0.2) is 28.5 Å². The van der Waals surface area contributed by atoms with Crippen molar-refractivity contribution in [1.29, 1.82) is 0 Å².